The molecule has 0 atom stereocenters. The van der Waals surface area contributed by atoms with Gasteiger partial charge in [-0.3, -0.25) is 9.78 Å². The molecule has 0 saturated heterocycles. The van der Waals surface area contributed by atoms with E-state index in [0.29, 0.717) is 23.8 Å². The molecule has 128 valence electrons. The Kier molecular flexibility index (Phi) is 4.38. The molecule has 0 unspecified atom stereocenters. The number of carbonyl (C=O) groups excluding carboxylic acids is 1. The van der Waals surface area contributed by atoms with E-state index in [9.17, 15) is 4.79 Å². The zero-order chi connectivity index (χ0) is 17.8. The molecular formula is C20H16N4O2. The molecule has 3 aromatic heterocycles. The zero-order valence-electron chi connectivity index (χ0n) is 13.9. The van der Waals surface area contributed by atoms with Crippen LogP contribution in [0.5, 0.6) is 0 Å². The first-order valence-electron chi connectivity index (χ1n) is 8.31. The SMILES string of the molecule is O=C(c1ccco1)n1nc(-c2ccccn2)nc1CCc1ccccc1. The minimum absolute atomic E-state index is 0.225. The highest BCUT2D eigenvalue weighted by molar-refractivity contribution is 5.93. The average Bonchev–Trinajstić information content (AvgIpc) is 3.38. The lowest BCUT2D eigenvalue weighted by Crippen LogP contribution is -2.17. The molecule has 0 fully saturated rings. The average molecular weight is 344 g/mol. The molecule has 1 aromatic carbocycles. The molecule has 0 radical (unpaired) electrons. The van der Waals surface area contributed by atoms with Crippen LogP contribution < -0.4 is 0 Å². The van der Waals surface area contributed by atoms with Crippen molar-refractivity contribution in [2.75, 3.05) is 0 Å². The van der Waals surface area contributed by atoms with Gasteiger partial charge < -0.3 is 4.42 Å². The third-order valence-corrected chi connectivity index (χ3v) is 3.97. The quantitative estimate of drug-likeness (QED) is 0.555. The van der Waals surface area contributed by atoms with E-state index in [-0.39, 0.29) is 11.7 Å². The van der Waals surface area contributed by atoms with Gasteiger partial charge in [0.1, 0.15) is 11.5 Å². The monoisotopic (exact) mass is 344 g/mol. The van der Waals surface area contributed by atoms with E-state index in [0.717, 1.165) is 6.42 Å². The highest BCUT2D eigenvalue weighted by atomic mass is 16.3. The van der Waals surface area contributed by atoms with Crippen LogP contribution in [-0.4, -0.2) is 25.7 Å². The van der Waals surface area contributed by atoms with Gasteiger partial charge in [-0.25, -0.2) is 4.98 Å². The molecule has 4 aromatic rings. The molecule has 0 saturated carbocycles. The second-order valence-corrected chi connectivity index (χ2v) is 5.75. The first-order valence-corrected chi connectivity index (χ1v) is 8.31. The van der Waals surface area contributed by atoms with E-state index in [1.165, 1.54) is 16.5 Å². The normalized spacial score (nSPS) is 10.8. The first kappa shape index (κ1) is 16.0. The van der Waals surface area contributed by atoms with Gasteiger partial charge in [0.15, 0.2) is 5.76 Å². The van der Waals surface area contributed by atoms with Crippen molar-refractivity contribution in [3.05, 3.63) is 90.3 Å². The topological polar surface area (TPSA) is 73.8 Å². The Morgan fingerprint density at radius 1 is 0.962 bits per heavy atom. The van der Waals surface area contributed by atoms with E-state index in [1.807, 2.05) is 36.4 Å². The second-order valence-electron chi connectivity index (χ2n) is 5.75. The highest BCUT2D eigenvalue weighted by Gasteiger charge is 2.20. The largest absolute Gasteiger partial charge is 0.459 e. The third-order valence-electron chi connectivity index (χ3n) is 3.97. The minimum Gasteiger partial charge on any atom is -0.459 e. The van der Waals surface area contributed by atoms with Gasteiger partial charge in [-0.15, -0.1) is 5.10 Å². The van der Waals surface area contributed by atoms with Crippen LogP contribution in [0.1, 0.15) is 21.9 Å². The van der Waals surface area contributed by atoms with Crippen LogP contribution in [0.15, 0.2) is 77.5 Å². The maximum Gasteiger partial charge on any atom is 0.315 e. The summed E-state index contributed by atoms with van der Waals surface area (Å²) in [5.74, 6) is 0.889. The first-order chi connectivity index (χ1) is 12.8. The standard InChI is InChI=1S/C20H16N4O2/c25-20(17-10-6-14-26-17)24-18(12-11-15-7-2-1-3-8-15)22-19(23-24)16-9-4-5-13-21-16/h1-10,13-14H,11-12H2. The number of nitrogens with zero attached hydrogens (tertiary/aromatic N) is 4. The molecule has 6 heteroatoms. The fourth-order valence-electron chi connectivity index (χ4n) is 2.68. The molecule has 0 spiro atoms. The summed E-state index contributed by atoms with van der Waals surface area (Å²) in [7, 11) is 0. The van der Waals surface area contributed by atoms with E-state index in [4.69, 9.17) is 4.42 Å². The number of pyridine rings is 1. The number of carbonyl (C=O) groups is 1. The lowest BCUT2D eigenvalue weighted by Gasteiger charge is -2.03. The van der Waals surface area contributed by atoms with Crippen molar-refractivity contribution in [1.29, 1.82) is 0 Å². The summed E-state index contributed by atoms with van der Waals surface area (Å²) >= 11 is 0. The predicted molar refractivity (Wildman–Crippen MR) is 95.5 cm³/mol. The molecule has 0 N–H and O–H groups in total. The molecule has 4 rings (SSSR count). The molecule has 0 bridgehead atoms. The molecule has 0 aliphatic rings. The van der Waals surface area contributed by atoms with Gasteiger partial charge in [-0.05, 0) is 36.2 Å². The predicted octanol–water partition coefficient (Wildman–Crippen LogP) is 3.41. The van der Waals surface area contributed by atoms with Crippen molar-refractivity contribution in [1.82, 2.24) is 19.7 Å². The summed E-state index contributed by atoms with van der Waals surface area (Å²) in [6.07, 6.45) is 4.48. The van der Waals surface area contributed by atoms with Crippen LogP contribution in [0.25, 0.3) is 11.5 Å². The van der Waals surface area contributed by atoms with Crippen molar-refractivity contribution in [2.45, 2.75) is 12.8 Å². The summed E-state index contributed by atoms with van der Waals surface area (Å²) in [6, 6.07) is 18.9. The Labute approximate surface area is 150 Å². The zero-order valence-corrected chi connectivity index (χ0v) is 13.9. The van der Waals surface area contributed by atoms with Crippen LogP contribution in [0.2, 0.25) is 0 Å². The number of benzene rings is 1. The maximum absolute atomic E-state index is 12.7. The van der Waals surface area contributed by atoms with Crippen LogP contribution in [0, 0.1) is 0 Å². The lowest BCUT2D eigenvalue weighted by atomic mass is 10.1. The third kappa shape index (κ3) is 3.30. The molecular weight excluding hydrogens is 328 g/mol. The number of hydrogen-bond acceptors (Lipinski definition) is 5. The Morgan fingerprint density at radius 3 is 2.54 bits per heavy atom. The summed E-state index contributed by atoms with van der Waals surface area (Å²) in [5, 5.41) is 4.38. The molecule has 26 heavy (non-hydrogen) atoms. The maximum atomic E-state index is 12.7. The summed E-state index contributed by atoms with van der Waals surface area (Å²) in [4.78, 5) is 21.6. The van der Waals surface area contributed by atoms with Gasteiger partial charge in [0.05, 0.1) is 6.26 Å². The van der Waals surface area contributed by atoms with Crippen LogP contribution in [0.4, 0.5) is 0 Å². The Hall–Kier alpha value is -3.54. The fraction of sp³-hybridized carbons (Fsp3) is 0.100. The molecule has 0 aliphatic carbocycles. The van der Waals surface area contributed by atoms with Crippen LogP contribution in [-0.2, 0) is 12.8 Å². The Morgan fingerprint density at radius 2 is 1.81 bits per heavy atom. The van der Waals surface area contributed by atoms with Crippen molar-refractivity contribution in [3.63, 3.8) is 0 Å². The summed E-state index contributed by atoms with van der Waals surface area (Å²) < 4.78 is 6.54. The number of aryl methyl sites for hydroxylation is 2. The van der Waals surface area contributed by atoms with Crippen molar-refractivity contribution < 1.29 is 9.21 Å². The fourth-order valence-corrected chi connectivity index (χ4v) is 2.68. The number of aromatic nitrogens is 4. The van der Waals surface area contributed by atoms with Crippen LogP contribution in [0.3, 0.4) is 0 Å². The number of furan rings is 1. The van der Waals surface area contributed by atoms with Gasteiger partial charge in [-0.2, -0.15) is 4.68 Å². The number of rotatable bonds is 5. The van der Waals surface area contributed by atoms with Gasteiger partial charge in [-0.1, -0.05) is 36.4 Å². The smallest absolute Gasteiger partial charge is 0.315 e. The molecule has 3 heterocycles. The van der Waals surface area contributed by atoms with E-state index in [1.54, 1.807) is 18.3 Å². The second kappa shape index (κ2) is 7.14. The highest BCUT2D eigenvalue weighted by Crippen LogP contribution is 2.16. The van der Waals surface area contributed by atoms with E-state index in [2.05, 4.69) is 27.2 Å². The number of hydrogen-bond donors (Lipinski definition) is 0. The van der Waals surface area contributed by atoms with Gasteiger partial charge in [0.25, 0.3) is 0 Å². The van der Waals surface area contributed by atoms with E-state index < -0.39 is 0 Å². The van der Waals surface area contributed by atoms with Crippen LogP contribution >= 0.6 is 0 Å². The minimum atomic E-state index is -0.340. The van der Waals surface area contributed by atoms with Gasteiger partial charge >= 0.3 is 5.91 Å². The summed E-state index contributed by atoms with van der Waals surface area (Å²) in [5.41, 5.74) is 1.80. The Bertz CT molecular complexity index is 993. The lowest BCUT2D eigenvalue weighted by molar-refractivity contribution is 0.0913. The molecule has 6 nitrogen and oxygen atoms in total. The van der Waals surface area contributed by atoms with E-state index >= 15 is 0 Å². The molecule has 0 aliphatic heterocycles. The molecule has 0 amide bonds. The van der Waals surface area contributed by atoms with Crippen molar-refractivity contribution in [2.24, 2.45) is 0 Å². The van der Waals surface area contributed by atoms with Crippen molar-refractivity contribution >= 4 is 5.91 Å². The summed E-state index contributed by atoms with van der Waals surface area (Å²) in [6.45, 7) is 0. The van der Waals surface area contributed by atoms with Crippen molar-refractivity contribution in [3.8, 4) is 11.5 Å². The Balaban J connectivity index is 1.68. The van der Waals surface area contributed by atoms with Gasteiger partial charge in [0.2, 0.25) is 5.82 Å². The van der Waals surface area contributed by atoms with Gasteiger partial charge in [0, 0.05) is 12.6 Å².